The van der Waals surface area contributed by atoms with Gasteiger partial charge < -0.3 is 9.88 Å². The fraction of sp³-hybridized carbons (Fsp3) is 0.409. The minimum absolute atomic E-state index is 0.236. The molecular formula is C22H27FN4OS. The molecule has 0 spiro atoms. The van der Waals surface area contributed by atoms with Gasteiger partial charge in [-0.15, -0.1) is 0 Å². The minimum Gasteiger partial charge on any atom is -0.316 e. The van der Waals surface area contributed by atoms with Crippen LogP contribution in [0.3, 0.4) is 0 Å². The Bertz CT molecular complexity index is 1160. The molecule has 1 aromatic carbocycles. The van der Waals surface area contributed by atoms with Gasteiger partial charge in [0.2, 0.25) is 0 Å². The van der Waals surface area contributed by atoms with Crippen molar-refractivity contribution in [2.24, 2.45) is 5.92 Å². The first-order chi connectivity index (χ1) is 13.8. The molecule has 0 bridgehead atoms. The maximum atomic E-state index is 14.1. The van der Waals surface area contributed by atoms with Crippen LogP contribution in [0.2, 0.25) is 0 Å². The molecule has 3 heterocycles. The van der Waals surface area contributed by atoms with E-state index in [-0.39, 0.29) is 4.90 Å². The molecule has 0 saturated carbocycles. The molecule has 1 aliphatic rings. The van der Waals surface area contributed by atoms with E-state index in [2.05, 4.69) is 16.5 Å². The summed E-state index contributed by atoms with van der Waals surface area (Å²) in [7, 11) is -3.16. The van der Waals surface area contributed by atoms with E-state index in [1.165, 1.54) is 17.7 Å². The third-order valence-electron chi connectivity index (χ3n) is 5.82. The molecule has 5 nitrogen and oxygen atoms in total. The maximum absolute atomic E-state index is 14.1. The second-order valence-corrected chi connectivity index (χ2v) is 10.8. The second-order valence-electron chi connectivity index (χ2n) is 8.20. The fourth-order valence-electron chi connectivity index (χ4n) is 4.18. The monoisotopic (exact) mass is 414 g/mol. The van der Waals surface area contributed by atoms with E-state index >= 15 is 0 Å². The smallest absolute Gasteiger partial charge is 0.124 e. The highest BCUT2D eigenvalue weighted by Gasteiger charge is 2.24. The van der Waals surface area contributed by atoms with Gasteiger partial charge in [-0.2, -0.15) is 0 Å². The van der Waals surface area contributed by atoms with Crippen molar-refractivity contribution in [1.82, 2.24) is 14.9 Å². The third-order valence-corrected chi connectivity index (χ3v) is 8.13. The van der Waals surface area contributed by atoms with Crippen molar-refractivity contribution in [3.05, 3.63) is 53.7 Å². The first kappa shape index (κ1) is 20.0. The predicted octanol–water partition coefficient (Wildman–Crippen LogP) is 4.44. The number of benzene rings is 1. The quantitative estimate of drug-likeness (QED) is 0.648. The maximum Gasteiger partial charge on any atom is 0.124 e. The van der Waals surface area contributed by atoms with E-state index in [0.29, 0.717) is 11.6 Å². The number of nitrogens with one attached hydrogen (secondary N) is 2. The van der Waals surface area contributed by atoms with Crippen LogP contribution in [0.15, 0.2) is 41.7 Å². The van der Waals surface area contributed by atoms with Crippen molar-refractivity contribution in [2.45, 2.75) is 43.8 Å². The highest BCUT2D eigenvalue weighted by atomic mass is 32.2. The molecule has 1 saturated heterocycles. The Balaban J connectivity index is 1.95. The summed E-state index contributed by atoms with van der Waals surface area (Å²) in [6, 6.07) is 4.24. The standard InChI is InChI=1S/C22H27FN4OS/c1-14(2)29(24,28)21-9-18(23)4-5-19(21)27-13-17(8-16-6-7-25-11-16)22-15(3)10-26-12-20(22)27/h4-5,9-10,12-14,16,24-25H,6-8,11H2,1-3H3/t16-,29?/m1/s1. The molecule has 7 heteroatoms. The number of fused-ring (bicyclic) bond motifs is 1. The normalized spacial score (nSPS) is 19.1. The lowest BCUT2D eigenvalue weighted by atomic mass is 9.97. The van der Waals surface area contributed by atoms with Gasteiger partial charge in [0.15, 0.2) is 0 Å². The number of hydrogen-bond acceptors (Lipinski definition) is 4. The van der Waals surface area contributed by atoms with Gasteiger partial charge in [0.05, 0.1) is 32.0 Å². The lowest BCUT2D eigenvalue weighted by molar-refractivity contribution is 0.582. The third kappa shape index (κ3) is 3.57. The van der Waals surface area contributed by atoms with Gasteiger partial charge in [0, 0.05) is 23.0 Å². The van der Waals surface area contributed by atoms with Crippen molar-refractivity contribution in [3.8, 4) is 5.69 Å². The summed E-state index contributed by atoms with van der Waals surface area (Å²) in [5.41, 5.74) is 3.79. The Morgan fingerprint density at radius 1 is 1.38 bits per heavy atom. The molecule has 4 rings (SSSR count). The Labute approximate surface area is 171 Å². The molecule has 1 aliphatic heterocycles. The average molecular weight is 415 g/mol. The molecule has 0 amide bonds. The number of pyridine rings is 1. The van der Waals surface area contributed by atoms with Crippen LogP contribution in [-0.4, -0.2) is 32.1 Å². The number of rotatable bonds is 5. The Morgan fingerprint density at radius 2 is 2.17 bits per heavy atom. The zero-order valence-corrected chi connectivity index (χ0v) is 17.9. The molecule has 3 aromatic rings. The molecule has 2 aromatic heterocycles. The van der Waals surface area contributed by atoms with Crippen LogP contribution in [0.1, 0.15) is 31.4 Å². The van der Waals surface area contributed by atoms with Crippen LogP contribution in [0.4, 0.5) is 4.39 Å². The first-order valence-electron chi connectivity index (χ1n) is 10.0. The van der Waals surface area contributed by atoms with E-state index in [4.69, 9.17) is 4.78 Å². The minimum atomic E-state index is -3.16. The Hall–Kier alpha value is -2.25. The van der Waals surface area contributed by atoms with Crippen LogP contribution in [0.5, 0.6) is 0 Å². The Morgan fingerprint density at radius 3 is 2.86 bits per heavy atom. The largest absolute Gasteiger partial charge is 0.316 e. The topological polar surface area (TPSA) is 70.8 Å². The van der Waals surface area contributed by atoms with E-state index in [0.717, 1.165) is 42.4 Å². The zero-order chi connectivity index (χ0) is 20.8. The lowest BCUT2D eigenvalue weighted by Gasteiger charge is -2.17. The van der Waals surface area contributed by atoms with Gasteiger partial charge in [-0.3, -0.25) is 4.98 Å². The van der Waals surface area contributed by atoms with Crippen LogP contribution >= 0.6 is 0 Å². The zero-order valence-electron chi connectivity index (χ0n) is 17.0. The molecule has 29 heavy (non-hydrogen) atoms. The SMILES string of the molecule is Cc1cncc2c1c(C[C@H]1CCNC1)cn2-c1ccc(F)cc1S(=N)(=O)C(C)C. The summed E-state index contributed by atoms with van der Waals surface area (Å²) in [4.78, 5) is 4.60. The molecule has 154 valence electrons. The molecule has 1 fully saturated rings. The fourth-order valence-corrected chi connectivity index (χ4v) is 5.45. The van der Waals surface area contributed by atoms with Crippen LogP contribution in [0, 0.1) is 23.4 Å². The van der Waals surface area contributed by atoms with E-state index in [1.54, 1.807) is 26.1 Å². The van der Waals surface area contributed by atoms with Crippen molar-refractivity contribution in [3.63, 3.8) is 0 Å². The summed E-state index contributed by atoms with van der Waals surface area (Å²) < 4.78 is 37.7. The molecule has 2 N–H and O–H groups in total. The Kier molecular flexibility index (Phi) is 5.21. The van der Waals surface area contributed by atoms with E-state index in [1.807, 2.05) is 17.7 Å². The number of aromatic nitrogens is 2. The van der Waals surface area contributed by atoms with Gasteiger partial charge in [0.25, 0.3) is 0 Å². The van der Waals surface area contributed by atoms with Crippen LogP contribution in [0.25, 0.3) is 16.6 Å². The summed E-state index contributed by atoms with van der Waals surface area (Å²) >= 11 is 0. The summed E-state index contributed by atoms with van der Waals surface area (Å²) in [5, 5.41) is 4.14. The number of halogens is 1. The molecular weight excluding hydrogens is 387 g/mol. The molecule has 0 aliphatic carbocycles. The highest BCUT2D eigenvalue weighted by Crippen LogP contribution is 2.33. The summed E-state index contributed by atoms with van der Waals surface area (Å²) in [6.45, 7) is 7.57. The summed E-state index contributed by atoms with van der Waals surface area (Å²) in [5.74, 6) is 0.0952. The van der Waals surface area contributed by atoms with Crippen molar-refractivity contribution >= 4 is 20.6 Å². The first-order valence-corrected chi connectivity index (χ1v) is 11.6. The molecule has 1 unspecified atom stereocenters. The second kappa shape index (κ2) is 7.54. The van der Waals surface area contributed by atoms with Gasteiger partial charge in [-0.1, -0.05) is 0 Å². The number of hydrogen-bond donors (Lipinski definition) is 2. The van der Waals surface area contributed by atoms with Gasteiger partial charge in [-0.05, 0) is 81.9 Å². The average Bonchev–Trinajstić information content (AvgIpc) is 3.31. The van der Waals surface area contributed by atoms with Crippen molar-refractivity contribution in [2.75, 3.05) is 13.1 Å². The van der Waals surface area contributed by atoms with Gasteiger partial charge in [-0.25, -0.2) is 13.4 Å². The number of aryl methyl sites for hydroxylation is 1. The van der Waals surface area contributed by atoms with E-state index < -0.39 is 20.8 Å². The van der Waals surface area contributed by atoms with Crippen LogP contribution in [-0.2, 0) is 16.1 Å². The van der Waals surface area contributed by atoms with Crippen molar-refractivity contribution < 1.29 is 8.60 Å². The highest BCUT2D eigenvalue weighted by molar-refractivity contribution is 7.93. The predicted molar refractivity (Wildman–Crippen MR) is 115 cm³/mol. The van der Waals surface area contributed by atoms with Crippen molar-refractivity contribution in [1.29, 1.82) is 4.78 Å². The van der Waals surface area contributed by atoms with E-state index in [9.17, 15) is 8.60 Å². The van der Waals surface area contributed by atoms with Gasteiger partial charge >= 0.3 is 0 Å². The summed E-state index contributed by atoms with van der Waals surface area (Å²) in [6.07, 6.45) is 7.80. The molecule has 2 atom stereocenters. The van der Waals surface area contributed by atoms with Gasteiger partial charge in [0.1, 0.15) is 5.82 Å². The lowest BCUT2D eigenvalue weighted by Crippen LogP contribution is -2.15. The number of nitrogens with zero attached hydrogens (tertiary/aromatic N) is 2. The molecule has 0 radical (unpaired) electrons. The van der Waals surface area contributed by atoms with Crippen LogP contribution < -0.4 is 5.32 Å².